The van der Waals surface area contributed by atoms with Gasteiger partial charge in [-0.25, -0.2) is 0 Å². The zero-order valence-electron chi connectivity index (χ0n) is 30.2. The third-order valence-electron chi connectivity index (χ3n) is 9.80. The van der Waals surface area contributed by atoms with Crippen molar-refractivity contribution in [3.8, 4) is 45.6 Å². The van der Waals surface area contributed by atoms with E-state index in [4.69, 9.17) is 0 Å². The van der Waals surface area contributed by atoms with Crippen LogP contribution in [0.1, 0.15) is 84.0 Å². The lowest BCUT2D eigenvalue weighted by Crippen LogP contribution is -2.04. The Morgan fingerprint density at radius 3 is 1.19 bits per heavy atom. The number of rotatable bonds is 9. The largest absolute Gasteiger partial charge is 0.507 e. The second-order valence-electron chi connectivity index (χ2n) is 13.9. The Hall–Kier alpha value is -6.02. The average molecular weight is 697 g/mol. The molecule has 266 valence electrons. The van der Waals surface area contributed by atoms with Crippen LogP contribution in [0, 0.1) is 13.8 Å². The predicted octanol–water partition coefficient (Wildman–Crippen LogP) is 10.00. The number of nitrogens with zero attached hydrogens (tertiary/aromatic N) is 2. The fourth-order valence-electron chi connectivity index (χ4n) is 7.57. The number of hydrogen-bond acceptors (Lipinski definition) is 8. The molecule has 6 rings (SSSR count). The molecule has 0 aliphatic carbocycles. The molecular formula is C44H44N2O6. The molecule has 6 N–H and O–H groups in total. The Morgan fingerprint density at radius 1 is 0.519 bits per heavy atom. The second-order valence-corrected chi connectivity index (χ2v) is 13.9. The maximum atomic E-state index is 12.4. The molecule has 0 aliphatic heterocycles. The van der Waals surface area contributed by atoms with E-state index < -0.39 is 11.5 Å². The molecule has 0 amide bonds. The van der Waals surface area contributed by atoms with E-state index in [1.165, 1.54) is 24.6 Å². The van der Waals surface area contributed by atoms with E-state index in [2.05, 4.69) is 9.98 Å². The van der Waals surface area contributed by atoms with Gasteiger partial charge < -0.3 is 30.6 Å². The molecule has 6 aromatic rings. The average Bonchev–Trinajstić information content (AvgIpc) is 3.10. The summed E-state index contributed by atoms with van der Waals surface area (Å²) in [4.78, 5) is 9.15. The minimum Gasteiger partial charge on any atom is -0.507 e. The van der Waals surface area contributed by atoms with Gasteiger partial charge in [0, 0.05) is 45.5 Å². The summed E-state index contributed by atoms with van der Waals surface area (Å²) < 4.78 is 0. The number of fused-ring (bicyclic) bond motifs is 2. The Morgan fingerprint density at radius 2 is 0.865 bits per heavy atom. The van der Waals surface area contributed by atoms with Crippen molar-refractivity contribution in [2.45, 2.75) is 66.5 Å². The van der Waals surface area contributed by atoms with Gasteiger partial charge in [0.15, 0.2) is 23.0 Å². The van der Waals surface area contributed by atoms with Crippen molar-refractivity contribution >= 4 is 34.0 Å². The van der Waals surface area contributed by atoms with Gasteiger partial charge in [-0.1, -0.05) is 88.4 Å². The summed E-state index contributed by atoms with van der Waals surface area (Å²) in [5.41, 5.74) is 5.82. The molecule has 8 nitrogen and oxygen atoms in total. The van der Waals surface area contributed by atoms with Crippen LogP contribution in [-0.4, -0.2) is 43.1 Å². The van der Waals surface area contributed by atoms with Crippen LogP contribution in [0.15, 0.2) is 82.8 Å². The fourth-order valence-corrected chi connectivity index (χ4v) is 7.57. The maximum absolute atomic E-state index is 12.4. The van der Waals surface area contributed by atoms with E-state index in [-0.39, 0.29) is 56.7 Å². The van der Waals surface area contributed by atoms with Crippen molar-refractivity contribution in [2.75, 3.05) is 0 Å². The van der Waals surface area contributed by atoms with Gasteiger partial charge in [-0.15, -0.1) is 0 Å². The van der Waals surface area contributed by atoms with Crippen molar-refractivity contribution in [3.63, 3.8) is 0 Å². The van der Waals surface area contributed by atoms with Crippen molar-refractivity contribution in [2.24, 2.45) is 9.98 Å². The van der Waals surface area contributed by atoms with E-state index in [1.807, 2.05) is 102 Å². The minimum absolute atomic E-state index is 0.103. The molecule has 0 saturated carbocycles. The van der Waals surface area contributed by atoms with Gasteiger partial charge in [-0.2, -0.15) is 0 Å². The van der Waals surface area contributed by atoms with E-state index in [9.17, 15) is 30.6 Å². The van der Waals surface area contributed by atoms with Crippen LogP contribution in [0.2, 0.25) is 0 Å². The summed E-state index contributed by atoms with van der Waals surface area (Å²) in [6.45, 7) is 12.4. The topological polar surface area (TPSA) is 146 Å². The molecule has 0 radical (unpaired) electrons. The van der Waals surface area contributed by atoms with E-state index in [1.54, 1.807) is 0 Å². The second kappa shape index (κ2) is 14.3. The molecule has 0 atom stereocenters. The van der Waals surface area contributed by atoms with Crippen molar-refractivity contribution in [1.82, 2.24) is 0 Å². The molecule has 0 heterocycles. The Labute approximate surface area is 303 Å². The lowest BCUT2D eigenvalue weighted by atomic mass is 9.79. The van der Waals surface area contributed by atoms with Crippen LogP contribution in [0.4, 0.5) is 0 Å². The zero-order chi connectivity index (χ0) is 37.4. The molecule has 0 spiro atoms. The quantitative estimate of drug-likeness (QED) is 0.0655. The Kier molecular flexibility index (Phi) is 9.85. The van der Waals surface area contributed by atoms with Crippen molar-refractivity contribution in [1.29, 1.82) is 0 Å². The van der Waals surface area contributed by atoms with Gasteiger partial charge >= 0.3 is 0 Å². The number of aliphatic imine (C=N–C) groups is 2. The predicted molar refractivity (Wildman–Crippen MR) is 210 cm³/mol. The SMILES string of the molecule is Cc1c(-c2c(C)c(C(C)C)c3cc(O)c(O)c(C=NCc4ccccc4)c3c2O)c(O)c2c(C=NCc3ccccc3)c(O)c(O)cc2c1C(C)C. The number of phenolic OH excluding ortho intramolecular Hbond substituents is 6. The highest BCUT2D eigenvalue weighted by atomic mass is 16.3. The summed E-state index contributed by atoms with van der Waals surface area (Å²) in [5.74, 6) is -2.16. The number of hydrogen-bond donors (Lipinski definition) is 6. The molecule has 52 heavy (non-hydrogen) atoms. The first-order chi connectivity index (χ1) is 24.8. The first-order valence-electron chi connectivity index (χ1n) is 17.4. The molecule has 0 saturated heterocycles. The van der Waals surface area contributed by atoms with Crippen molar-refractivity contribution < 1.29 is 30.6 Å². The fraction of sp³-hybridized carbons (Fsp3) is 0.227. The zero-order valence-corrected chi connectivity index (χ0v) is 30.2. The highest BCUT2D eigenvalue weighted by Crippen LogP contribution is 2.54. The van der Waals surface area contributed by atoms with Crippen LogP contribution in [0.3, 0.4) is 0 Å². The normalized spacial score (nSPS) is 12.1. The molecule has 0 aromatic heterocycles. The third-order valence-corrected chi connectivity index (χ3v) is 9.80. The van der Waals surface area contributed by atoms with E-state index >= 15 is 0 Å². The highest BCUT2D eigenvalue weighted by molar-refractivity contribution is 6.15. The molecule has 6 aromatic carbocycles. The summed E-state index contributed by atoms with van der Waals surface area (Å²) >= 11 is 0. The van der Waals surface area contributed by atoms with Crippen LogP contribution >= 0.6 is 0 Å². The van der Waals surface area contributed by atoms with Gasteiger partial charge in [-0.05, 0) is 82.0 Å². The number of benzene rings is 6. The maximum Gasteiger partial charge on any atom is 0.167 e. The van der Waals surface area contributed by atoms with Gasteiger partial charge in [0.2, 0.25) is 0 Å². The smallest absolute Gasteiger partial charge is 0.167 e. The molecule has 0 aliphatic rings. The lowest BCUT2D eigenvalue weighted by molar-refractivity contribution is 0.404. The number of aromatic hydroxyl groups is 6. The molecule has 8 heteroatoms. The molecule has 0 unspecified atom stereocenters. The van der Waals surface area contributed by atoms with Crippen LogP contribution < -0.4 is 0 Å². The standard InChI is InChI=1S/C44H44N2O6/c1-23(2)35-25(5)37(43(51)39-29(35)17-33(47)41(49)31(39)21-45-19-27-13-9-7-10-14-27)38-26(6)36(24(3)4)30-18-34(48)42(50)32(40(30)44(38)52)22-46-20-28-15-11-8-12-16-28/h7-18,21-24,47-52H,19-20H2,1-6H3. The molecular weight excluding hydrogens is 652 g/mol. The first kappa shape index (κ1) is 35.8. The monoisotopic (exact) mass is 696 g/mol. The Balaban J connectivity index is 1.70. The van der Waals surface area contributed by atoms with Crippen LogP contribution in [0.25, 0.3) is 32.7 Å². The molecule has 0 fully saturated rings. The summed E-state index contributed by atoms with van der Waals surface area (Å²) in [5, 5.41) is 70.8. The minimum atomic E-state index is -0.427. The summed E-state index contributed by atoms with van der Waals surface area (Å²) in [6, 6.07) is 22.1. The van der Waals surface area contributed by atoms with Gasteiger partial charge in [0.1, 0.15) is 11.5 Å². The lowest BCUT2D eigenvalue weighted by Gasteiger charge is -2.26. The summed E-state index contributed by atoms with van der Waals surface area (Å²) in [6.07, 6.45) is 2.92. The van der Waals surface area contributed by atoms with E-state index in [0.29, 0.717) is 46.1 Å². The van der Waals surface area contributed by atoms with Gasteiger partial charge in [0.05, 0.1) is 13.1 Å². The van der Waals surface area contributed by atoms with Crippen molar-refractivity contribution in [3.05, 3.63) is 117 Å². The number of phenols is 6. The Bertz CT molecular complexity index is 2210. The summed E-state index contributed by atoms with van der Waals surface area (Å²) in [7, 11) is 0. The van der Waals surface area contributed by atoms with Gasteiger partial charge in [0.25, 0.3) is 0 Å². The first-order valence-corrected chi connectivity index (χ1v) is 17.4. The van der Waals surface area contributed by atoms with Gasteiger partial charge in [-0.3, -0.25) is 9.98 Å². The highest BCUT2D eigenvalue weighted by Gasteiger charge is 2.30. The van der Waals surface area contributed by atoms with E-state index in [0.717, 1.165) is 22.3 Å². The van der Waals surface area contributed by atoms with Crippen LogP contribution in [0.5, 0.6) is 34.5 Å². The molecule has 0 bridgehead atoms. The third kappa shape index (κ3) is 6.25. The van der Waals surface area contributed by atoms with Crippen LogP contribution in [-0.2, 0) is 13.1 Å².